The van der Waals surface area contributed by atoms with Gasteiger partial charge in [-0.1, -0.05) is 12.1 Å². The van der Waals surface area contributed by atoms with E-state index in [1.165, 1.54) is 0 Å². The largest absolute Gasteiger partial charge is 0.477 e. The zero-order valence-electron chi connectivity index (χ0n) is 10.1. The molecular weight excluding hydrogens is 234 g/mol. The smallest absolute Gasteiger partial charge is 0.262 e. The number of anilines is 1. The van der Waals surface area contributed by atoms with Crippen LogP contribution < -0.4 is 20.7 Å². The number of primary amides is 1. The molecule has 1 aliphatic heterocycles. The van der Waals surface area contributed by atoms with Gasteiger partial charge in [-0.05, 0) is 12.1 Å². The van der Waals surface area contributed by atoms with Gasteiger partial charge in [0.05, 0.1) is 18.8 Å². The summed E-state index contributed by atoms with van der Waals surface area (Å²) in [5.41, 5.74) is 5.99. The van der Waals surface area contributed by atoms with E-state index in [-0.39, 0.29) is 12.5 Å². The van der Waals surface area contributed by atoms with Crippen LogP contribution in [0.4, 0.5) is 5.69 Å². The Balaban J connectivity index is 2.29. The Morgan fingerprint density at radius 3 is 2.89 bits per heavy atom. The first-order valence-electron chi connectivity index (χ1n) is 5.62. The van der Waals surface area contributed by atoms with E-state index in [1.807, 2.05) is 18.2 Å². The van der Waals surface area contributed by atoms with E-state index in [1.54, 1.807) is 18.0 Å². The average molecular weight is 249 g/mol. The van der Waals surface area contributed by atoms with Crippen LogP contribution in [0.5, 0.6) is 5.75 Å². The Morgan fingerprint density at radius 1 is 1.50 bits per heavy atom. The van der Waals surface area contributed by atoms with E-state index >= 15 is 0 Å². The Hall–Kier alpha value is -2.24. The van der Waals surface area contributed by atoms with E-state index in [9.17, 15) is 9.59 Å². The number of benzene rings is 1. The number of nitrogens with zero attached hydrogens (tertiary/aromatic N) is 1. The van der Waals surface area contributed by atoms with E-state index in [0.29, 0.717) is 12.3 Å². The molecule has 18 heavy (non-hydrogen) atoms. The first-order valence-corrected chi connectivity index (χ1v) is 5.62. The highest BCUT2D eigenvalue weighted by molar-refractivity contribution is 5.85. The molecule has 0 bridgehead atoms. The van der Waals surface area contributed by atoms with Crippen LogP contribution in [0.25, 0.3) is 0 Å². The summed E-state index contributed by atoms with van der Waals surface area (Å²) < 4.78 is 5.59. The Kier molecular flexibility index (Phi) is 3.36. The minimum Gasteiger partial charge on any atom is -0.477 e. The van der Waals surface area contributed by atoms with Crippen molar-refractivity contribution in [1.82, 2.24) is 5.32 Å². The topological polar surface area (TPSA) is 84.7 Å². The van der Waals surface area contributed by atoms with Crippen molar-refractivity contribution in [2.75, 3.05) is 25.0 Å². The standard InChI is InChI=1S/C12H15N3O3/c1-14-12(17)10-6-15(7-11(13)16)8-4-2-3-5-9(8)18-10/h2-5,10H,6-7H2,1H3,(H2,13,16)(H,14,17)/t10-/m1/s1. The maximum absolute atomic E-state index is 11.6. The van der Waals surface area contributed by atoms with Gasteiger partial charge in [0, 0.05) is 7.05 Å². The number of amides is 2. The minimum absolute atomic E-state index is 0.0634. The molecule has 1 aromatic rings. The molecular formula is C12H15N3O3. The van der Waals surface area contributed by atoms with Crippen molar-refractivity contribution in [1.29, 1.82) is 0 Å². The van der Waals surface area contributed by atoms with Crippen LogP contribution in [0.1, 0.15) is 0 Å². The van der Waals surface area contributed by atoms with Gasteiger partial charge in [0.2, 0.25) is 5.91 Å². The minimum atomic E-state index is -0.635. The first-order chi connectivity index (χ1) is 8.61. The van der Waals surface area contributed by atoms with Crippen LogP contribution in [-0.4, -0.2) is 38.1 Å². The van der Waals surface area contributed by atoms with Crippen LogP contribution >= 0.6 is 0 Å². The van der Waals surface area contributed by atoms with Crippen LogP contribution in [0.2, 0.25) is 0 Å². The number of fused-ring (bicyclic) bond motifs is 1. The first kappa shape index (κ1) is 12.2. The van der Waals surface area contributed by atoms with Gasteiger partial charge in [-0.2, -0.15) is 0 Å². The fourth-order valence-corrected chi connectivity index (χ4v) is 1.94. The van der Waals surface area contributed by atoms with Crippen molar-refractivity contribution in [3.05, 3.63) is 24.3 Å². The molecule has 0 radical (unpaired) electrons. The zero-order valence-corrected chi connectivity index (χ0v) is 10.1. The number of ether oxygens (including phenoxy) is 1. The predicted octanol–water partition coefficient (Wildman–Crippen LogP) is -0.515. The second-order valence-corrected chi connectivity index (χ2v) is 4.04. The molecule has 0 aliphatic carbocycles. The molecule has 2 rings (SSSR count). The van der Waals surface area contributed by atoms with Gasteiger partial charge in [0.25, 0.3) is 5.91 Å². The van der Waals surface area contributed by atoms with Gasteiger partial charge < -0.3 is 20.7 Å². The van der Waals surface area contributed by atoms with Crippen molar-refractivity contribution in [3.63, 3.8) is 0 Å². The van der Waals surface area contributed by atoms with Gasteiger partial charge in [-0.25, -0.2) is 0 Å². The molecule has 0 unspecified atom stereocenters. The second-order valence-electron chi connectivity index (χ2n) is 4.04. The lowest BCUT2D eigenvalue weighted by molar-refractivity contribution is -0.127. The van der Waals surface area contributed by atoms with Gasteiger partial charge in [0.15, 0.2) is 6.10 Å². The summed E-state index contributed by atoms with van der Waals surface area (Å²) in [5, 5.41) is 2.53. The molecule has 1 aromatic carbocycles. The SMILES string of the molecule is CNC(=O)[C@H]1CN(CC(N)=O)c2ccccc2O1. The third-order valence-corrected chi connectivity index (χ3v) is 2.75. The zero-order chi connectivity index (χ0) is 13.1. The Bertz CT molecular complexity index is 475. The van der Waals surface area contributed by atoms with Gasteiger partial charge >= 0.3 is 0 Å². The number of hydrogen-bond donors (Lipinski definition) is 2. The number of nitrogens with two attached hydrogens (primary N) is 1. The van der Waals surface area contributed by atoms with Crippen LogP contribution in [0, 0.1) is 0 Å². The van der Waals surface area contributed by atoms with E-state index < -0.39 is 12.0 Å². The van der Waals surface area contributed by atoms with Crippen LogP contribution in [0.3, 0.4) is 0 Å². The molecule has 96 valence electrons. The molecule has 0 saturated carbocycles. The van der Waals surface area contributed by atoms with E-state index in [2.05, 4.69) is 5.32 Å². The molecule has 0 aromatic heterocycles. The monoisotopic (exact) mass is 249 g/mol. The molecule has 2 amide bonds. The fraction of sp³-hybridized carbons (Fsp3) is 0.333. The molecule has 3 N–H and O–H groups in total. The van der Waals surface area contributed by atoms with Gasteiger partial charge in [0.1, 0.15) is 5.75 Å². The number of para-hydroxylation sites is 2. The normalized spacial score (nSPS) is 17.6. The maximum Gasteiger partial charge on any atom is 0.262 e. The number of nitrogens with one attached hydrogen (secondary N) is 1. The molecule has 0 saturated heterocycles. The number of carbonyl (C=O) groups is 2. The molecule has 0 fully saturated rings. The number of rotatable bonds is 3. The van der Waals surface area contributed by atoms with Crippen molar-refractivity contribution >= 4 is 17.5 Å². The lowest BCUT2D eigenvalue weighted by Crippen LogP contribution is -2.50. The third kappa shape index (κ3) is 2.37. The Labute approximate surface area is 105 Å². The van der Waals surface area contributed by atoms with Crippen molar-refractivity contribution < 1.29 is 14.3 Å². The summed E-state index contributed by atoms with van der Waals surface area (Å²) in [6.07, 6.45) is -0.635. The second kappa shape index (κ2) is 4.95. The highest BCUT2D eigenvalue weighted by Gasteiger charge is 2.30. The summed E-state index contributed by atoms with van der Waals surface area (Å²) in [5.74, 6) is -0.0834. The summed E-state index contributed by atoms with van der Waals surface area (Å²) in [6, 6.07) is 7.25. The van der Waals surface area contributed by atoms with E-state index in [4.69, 9.17) is 10.5 Å². The maximum atomic E-state index is 11.6. The molecule has 6 nitrogen and oxygen atoms in total. The summed E-state index contributed by atoms with van der Waals surface area (Å²) in [6.45, 7) is 0.369. The Morgan fingerprint density at radius 2 is 2.22 bits per heavy atom. The van der Waals surface area contributed by atoms with Gasteiger partial charge in [-0.15, -0.1) is 0 Å². The molecule has 0 spiro atoms. The lowest BCUT2D eigenvalue weighted by atomic mass is 10.1. The summed E-state index contributed by atoms with van der Waals surface area (Å²) in [4.78, 5) is 24.4. The molecule has 1 aliphatic rings. The fourth-order valence-electron chi connectivity index (χ4n) is 1.94. The number of likely N-dealkylation sites (N-methyl/N-ethyl adjacent to an activating group) is 1. The third-order valence-electron chi connectivity index (χ3n) is 2.75. The molecule has 1 heterocycles. The van der Waals surface area contributed by atoms with Crippen molar-refractivity contribution in [2.24, 2.45) is 5.73 Å². The number of hydrogen-bond acceptors (Lipinski definition) is 4. The quantitative estimate of drug-likeness (QED) is 0.755. The van der Waals surface area contributed by atoms with E-state index in [0.717, 1.165) is 5.69 Å². The van der Waals surface area contributed by atoms with Crippen molar-refractivity contribution in [2.45, 2.75) is 6.10 Å². The molecule has 1 atom stereocenters. The van der Waals surface area contributed by atoms with Crippen LogP contribution in [-0.2, 0) is 9.59 Å². The van der Waals surface area contributed by atoms with Crippen molar-refractivity contribution in [3.8, 4) is 5.75 Å². The average Bonchev–Trinajstić information content (AvgIpc) is 2.37. The highest BCUT2D eigenvalue weighted by atomic mass is 16.5. The highest BCUT2D eigenvalue weighted by Crippen LogP contribution is 2.32. The lowest BCUT2D eigenvalue weighted by Gasteiger charge is -2.34. The van der Waals surface area contributed by atoms with Crippen LogP contribution in [0.15, 0.2) is 24.3 Å². The molecule has 6 heteroatoms. The number of carbonyl (C=O) groups excluding carboxylic acids is 2. The summed E-state index contributed by atoms with van der Waals surface area (Å²) in [7, 11) is 1.55. The predicted molar refractivity (Wildman–Crippen MR) is 66.3 cm³/mol. The van der Waals surface area contributed by atoms with Gasteiger partial charge in [-0.3, -0.25) is 9.59 Å². The summed E-state index contributed by atoms with van der Waals surface area (Å²) >= 11 is 0.